The molecule has 186 valence electrons. The number of para-hydroxylation sites is 1. The van der Waals surface area contributed by atoms with Crippen molar-refractivity contribution >= 4 is 39.1 Å². The van der Waals surface area contributed by atoms with Crippen LogP contribution in [0.15, 0.2) is 82.6 Å². The lowest BCUT2D eigenvalue weighted by molar-refractivity contribution is -0.137. The van der Waals surface area contributed by atoms with Crippen molar-refractivity contribution in [3.8, 4) is 5.75 Å². The van der Waals surface area contributed by atoms with Crippen LogP contribution in [0, 0.1) is 0 Å². The van der Waals surface area contributed by atoms with Crippen LogP contribution in [-0.2, 0) is 21.0 Å². The van der Waals surface area contributed by atoms with Crippen LogP contribution in [0.5, 0.6) is 5.75 Å². The third kappa shape index (κ3) is 6.49. The first-order chi connectivity index (χ1) is 16.6. The van der Waals surface area contributed by atoms with Gasteiger partial charge in [-0.3, -0.25) is 9.10 Å². The number of sulfonamides is 1. The first-order valence-corrected chi connectivity index (χ1v) is 13.1. The number of ether oxygens (including phenoxy) is 1. The normalized spacial score (nSPS) is 11.7. The van der Waals surface area contributed by atoms with Crippen LogP contribution in [0.4, 0.5) is 24.5 Å². The molecular formula is C24H23F3N2O4S2. The van der Waals surface area contributed by atoms with Crippen LogP contribution < -0.4 is 14.4 Å². The maximum Gasteiger partial charge on any atom is 0.418 e. The molecule has 0 aliphatic rings. The molecule has 0 aliphatic carbocycles. The Morgan fingerprint density at radius 1 is 1.00 bits per heavy atom. The number of alkyl halides is 3. The van der Waals surface area contributed by atoms with Crippen molar-refractivity contribution in [1.82, 2.24) is 0 Å². The summed E-state index contributed by atoms with van der Waals surface area (Å²) in [6, 6.07) is 16.6. The fourth-order valence-corrected chi connectivity index (χ4v) is 5.05. The minimum absolute atomic E-state index is 0.0623. The predicted molar refractivity (Wildman–Crippen MR) is 130 cm³/mol. The monoisotopic (exact) mass is 524 g/mol. The molecule has 1 N–H and O–H groups in total. The number of hydrogen-bond donors (Lipinski definition) is 1. The Bertz CT molecular complexity index is 1260. The third-order valence-corrected chi connectivity index (χ3v) is 7.41. The number of thioether (sulfide) groups is 1. The predicted octanol–water partition coefficient (Wildman–Crippen LogP) is 5.66. The molecule has 6 nitrogen and oxygen atoms in total. The van der Waals surface area contributed by atoms with E-state index in [0.717, 1.165) is 21.3 Å². The first-order valence-electron chi connectivity index (χ1n) is 10.4. The zero-order valence-corrected chi connectivity index (χ0v) is 20.5. The summed E-state index contributed by atoms with van der Waals surface area (Å²) in [5, 5.41) is 2.20. The molecule has 0 spiro atoms. The van der Waals surface area contributed by atoms with Gasteiger partial charge in [0.15, 0.2) is 0 Å². The Kier molecular flexibility index (Phi) is 8.34. The molecule has 0 radical (unpaired) electrons. The van der Waals surface area contributed by atoms with E-state index in [1.165, 1.54) is 48.2 Å². The second-order valence-electron chi connectivity index (χ2n) is 7.21. The van der Waals surface area contributed by atoms with Crippen molar-refractivity contribution in [2.24, 2.45) is 0 Å². The summed E-state index contributed by atoms with van der Waals surface area (Å²) in [5.74, 6) is -0.429. The van der Waals surface area contributed by atoms with E-state index in [9.17, 15) is 26.4 Å². The molecule has 0 fully saturated rings. The molecule has 0 saturated heterocycles. The molecule has 0 atom stereocenters. The van der Waals surface area contributed by atoms with Crippen LogP contribution in [0.25, 0.3) is 0 Å². The van der Waals surface area contributed by atoms with Gasteiger partial charge in [0.25, 0.3) is 10.0 Å². The van der Waals surface area contributed by atoms with E-state index < -0.39 is 39.9 Å². The number of benzene rings is 3. The van der Waals surface area contributed by atoms with Crippen molar-refractivity contribution < 1.29 is 31.1 Å². The zero-order chi connectivity index (χ0) is 25.6. The molecule has 3 rings (SSSR count). The highest BCUT2D eigenvalue weighted by Crippen LogP contribution is 2.35. The average molecular weight is 525 g/mol. The molecule has 0 heterocycles. The number of carbonyl (C=O) groups is 1. The number of hydrogen-bond acceptors (Lipinski definition) is 5. The summed E-state index contributed by atoms with van der Waals surface area (Å²) in [6.07, 6.45) is -2.84. The Hall–Kier alpha value is -3.18. The fourth-order valence-electron chi connectivity index (χ4n) is 3.22. The van der Waals surface area contributed by atoms with E-state index in [0.29, 0.717) is 12.4 Å². The van der Waals surface area contributed by atoms with E-state index in [1.54, 1.807) is 31.2 Å². The number of rotatable bonds is 9. The lowest BCUT2D eigenvalue weighted by Gasteiger charge is -2.25. The van der Waals surface area contributed by atoms with Crippen LogP contribution in [-0.4, -0.2) is 33.7 Å². The van der Waals surface area contributed by atoms with Crippen molar-refractivity contribution in [1.29, 1.82) is 0 Å². The maximum atomic E-state index is 13.5. The molecule has 0 unspecified atom stereocenters. The molecule has 11 heteroatoms. The number of amides is 1. The highest BCUT2D eigenvalue weighted by Gasteiger charge is 2.34. The number of anilines is 2. The van der Waals surface area contributed by atoms with Crippen LogP contribution in [0.2, 0.25) is 0 Å². The number of nitrogens with one attached hydrogen (secondary N) is 1. The minimum Gasteiger partial charge on any atom is -0.494 e. The summed E-state index contributed by atoms with van der Waals surface area (Å²) in [5.41, 5.74) is -1.34. The molecular weight excluding hydrogens is 501 g/mol. The van der Waals surface area contributed by atoms with Gasteiger partial charge in [0, 0.05) is 4.90 Å². The smallest absolute Gasteiger partial charge is 0.418 e. The Labute approximate surface area is 206 Å². The van der Waals surface area contributed by atoms with Crippen molar-refractivity contribution in [2.75, 3.05) is 29.0 Å². The van der Waals surface area contributed by atoms with Gasteiger partial charge in [-0.25, -0.2) is 8.42 Å². The summed E-state index contributed by atoms with van der Waals surface area (Å²) in [7, 11) is -4.23. The fraction of sp³-hybridized carbons (Fsp3) is 0.208. The Balaban J connectivity index is 1.96. The lowest BCUT2D eigenvalue weighted by Crippen LogP contribution is -2.38. The highest BCUT2D eigenvalue weighted by atomic mass is 32.2. The highest BCUT2D eigenvalue weighted by molar-refractivity contribution is 7.98. The van der Waals surface area contributed by atoms with Crippen LogP contribution in [0.3, 0.4) is 0 Å². The zero-order valence-electron chi connectivity index (χ0n) is 18.9. The topological polar surface area (TPSA) is 75.7 Å². The molecule has 0 bridgehead atoms. The van der Waals surface area contributed by atoms with E-state index in [1.807, 2.05) is 6.26 Å². The summed E-state index contributed by atoms with van der Waals surface area (Å²) >= 11 is 1.44. The van der Waals surface area contributed by atoms with Crippen LogP contribution in [0.1, 0.15) is 12.5 Å². The van der Waals surface area contributed by atoms with Gasteiger partial charge in [-0.2, -0.15) is 13.2 Å². The van der Waals surface area contributed by atoms with Gasteiger partial charge in [0.05, 0.1) is 28.4 Å². The quantitative estimate of drug-likeness (QED) is 0.366. The van der Waals surface area contributed by atoms with Gasteiger partial charge < -0.3 is 10.1 Å². The lowest BCUT2D eigenvalue weighted by atomic mass is 10.1. The van der Waals surface area contributed by atoms with Crippen molar-refractivity contribution in [3.63, 3.8) is 0 Å². The second-order valence-corrected chi connectivity index (χ2v) is 9.95. The number of halogens is 3. The molecule has 0 aliphatic heterocycles. The maximum absolute atomic E-state index is 13.5. The minimum atomic E-state index is -4.69. The van der Waals surface area contributed by atoms with Gasteiger partial charge in [0.2, 0.25) is 5.91 Å². The van der Waals surface area contributed by atoms with E-state index in [-0.39, 0.29) is 10.6 Å². The van der Waals surface area contributed by atoms with Gasteiger partial charge in [-0.05, 0) is 73.8 Å². The summed E-state index contributed by atoms with van der Waals surface area (Å²) in [6.45, 7) is 1.46. The van der Waals surface area contributed by atoms with Crippen molar-refractivity contribution in [2.45, 2.75) is 22.9 Å². The number of nitrogens with zero attached hydrogens (tertiary/aromatic N) is 1. The standard InChI is InChI=1S/C24H23F3N2O4S2/c1-3-33-18-10-8-17(9-11-18)29(35(31,32)20-14-12-19(34-2)13-15-20)16-23(30)28-22-7-5-4-6-21(22)24(25,26)27/h4-15H,3,16H2,1-2H3,(H,28,30). The average Bonchev–Trinajstić information content (AvgIpc) is 2.83. The van der Waals surface area contributed by atoms with E-state index in [2.05, 4.69) is 5.32 Å². The van der Waals surface area contributed by atoms with Crippen molar-refractivity contribution in [3.05, 3.63) is 78.4 Å². The molecule has 0 aromatic heterocycles. The van der Waals surface area contributed by atoms with E-state index >= 15 is 0 Å². The third-order valence-electron chi connectivity index (χ3n) is 4.88. The molecule has 35 heavy (non-hydrogen) atoms. The first kappa shape index (κ1) is 26.4. The van der Waals surface area contributed by atoms with Crippen LogP contribution >= 0.6 is 11.8 Å². The number of carbonyl (C=O) groups excluding carboxylic acids is 1. The van der Waals surface area contributed by atoms with E-state index in [4.69, 9.17) is 4.74 Å². The molecule has 3 aromatic rings. The second kappa shape index (κ2) is 11.0. The largest absolute Gasteiger partial charge is 0.494 e. The van der Waals surface area contributed by atoms with Gasteiger partial charge in [-0.15, -0.1) is 11.8 Å². The van der Waals surface area contributed by atoms with Gasteiger partial charge in [0.1, 0.15) is 12.3 Å². The van der Waals surface area contributed by atoms with Gasteiger partial charge in [-0.1, -0.05) is 12.1 Å². The molecule has 3 aromatic carbocycles. The Morgan fingerprint density at radius 2 is 1.63 bits per heavy atom. The summed E-state index contributed by atoms with van der Waals surface area (Å²) < 4.78 is 73.2. The molecule has 1 amide bonds. The summed E-state index contributed by atoms with van der Waals surface area (Å²) in [4.78, 5) is 13.6. The van der Waals surface area contributed by atoms with Gasteiger partial charge >= 0.3 is 6.18 Å². The molecule has 0 saturated carbocycles. The SMILES string of the molecule is CCOc1ccc(N(CC(=O)Nc2ccccc2C(F)(F)F)S(=O)(=O)c2ccc(SC)cc2)cc1. The Morgan fingerprint density at radius 3 is 2.20 bits per heavy atom.